The summed E-state index contributed by atoms with van der Waals surface area (Å²) in [4.78, 5) is 13.7. The van der Waals surface area contributed by atoms with Crippen molar-refractivity contribution in [2.24, 2.45) is 5.73 Å². The Balaban J connectivity index is 1.83. The number of methoxy groups -OCH3 is 6. The zero-order valence-electron chi connectivity index (χ0n) is 22.2. The highest BCUT2D eigenvalue weighted by Crippen LogP contribution is 2.50. The molecule has 1 aliphatic heterocycles. The van der Waals surface area contributed by atoms with Gasteiger partial charge in [0, 0.05) is 18.4 Å². The molecule has 2 atom stereocenters. The number of carbonyl (C=O) groups excluding carboxylic acids is 1. The highest BCUT2D eigenvalue weighted by Gasteiger charge is 2.42. The van der Waals surface area contributed by atoms with E-state index in [1.807, 2.05) is 12.1 Å². The molecule has 0 saturated carbocycles. The summed E-state index contributed by atoms with van der Waals surface area (Å²) in [5.41, 5.74) is 8.16. The van der Waals surface area contributed by atoms with Gasteiger partial charge < -0.3 is 38.9 Å². The SMILES string of the molecule is COc1cc([C@H]2CC(=O)C3=C(C2)OC(N)=C(C#N)[C@@H]3c2cc(OC)c(OC)c(OC)c2)cc(OC)c1OC. The molecule has 38 heavy (non-hydrogen) atoms. The fourth-order valence-electron chi connectivity index (χ4n) is 5.08. The number of Topliss-reactive ketones (excluding diaryl/α,β-unsaturated/α-hetero) is 1. The van der Waals surface area contributed by atoms with Crippen molar-refractivity contribution >= 4 is 5.78 Å². The Kier molecular flexibility index (Phi) is 7.57. The van der Waals surface area contributed by atoms with E-state index in [0.29, 0.717) is 57.8 Å². The summed E-state index contributed by atoms with van der Waals surface area (Å²) < 4.78 is 38.8. The van der Waals surface area contributed by atoms with Crippen molar-refractivity contribution in [3.8, 4) is 40.6 Å². The Morgan fingerprint density at radius 2 is 1.26 bits per heavy atom. The Morgan fingerprint density at radius 1 is 0.789 bits per heavy atom. The number of nitrogens with two attached hydrogens (primary N) is 1. The number of nitrogens with zero attached hydrogens (tertiary/aromatic N) is 1. The number of rotatable bonds is 8. The van der Waals surface area contributed by atoms with Crippen LogP contribution in [0.4, 0.5) is 0 Å². The Morgan fingerprint density at radius 3 is 1.68 bits per heavy atom. The van der Waals surface area contributed by atoms with Crippen LogP contribution in [0.15, 0.2) is 47.1 Å². The fourth-order valence-corrected chi connectivity index (χ4v) is 5.08. The van der Waals surface area contributed by atoms with Crippen LogP contribution in [0.25, 0.3) is 0 Å². The van der Waals surface area contributed by atoms with Crippen LogP contribution in [0.5, 0.6) is 34.5 Å². The molecule has 2 aromatic carbocycles. The molecule has 4 rings (SSSR count). The zero-order valence-corrected chi connectivity index (χ0v) is 22.2. The number of ketones is 1. The van der Waals surface area contributed by atoms with Gasteiger partial charge in [0.25, 0.3) is 0 Å². The number of hydrogen-bond donors (Lipinski definition) is 1. The maximum absolute atomic E-state index is 13.7. The maximum Gasteiger partial charge on any atom is 0.205 e. The third-order valence-corrected chi connectivity index (χ3v) is 6.84. The van der Waals surface area contributed by atoms with Crippen LogP contribution in [0.3, 0.4) is 0 Å². The predicted molar refractivity (Wildman–Crippen MR) is 137 cm³/mol. The van der Waals surface area contributed by atoms with Crippen molar-refractivity contribution in [3.63, 3.8) is 0 Å². The average molecular weight is 523 g/mol. The molecular weight excluding hydrogens is 492 g/mol. The van der Waals surface area contributed by atoms with Gasteiger partial charge in [0.2, 0.25) is 17.4 Å². The largest absolute Gasteiger partial charge is 0.493 e. The summed E-state index contributed by atoms with van der Waals surface area (Å²) in [5, 5.41) is 9.99. The van der Waals surface area contributed by atoms with E-state index >= 15 is 0 Å². The van der Waals surface area contributed by atoms with E-state index in [9.17, 15) is 10.1 Å². The van der Waals surface area contributed by atoms with Crippen LogP contribution in [0.2, 0.25) is 0 Å². The lowest BCUT2D eigenvalue weighted by Gasteiger charge is -2.34. The van der Waals surface area contributed by atoms with E-state index in [1.165, 1.54) is 42.7 Å². The molecule has 0 unspecified atom stereocenters. The smallest absolute Gasteiger partial charge is 0.205 e. The molecule has 0 aromatic heterocycles. The number of ether oxygens (including phenoxy) is 7. The van der Waals surface area contributed by atoms with Gasteiger partial charge in [-0.2, -0.15) is 5.26 Å². The highest BCUT2D eigenvalue weighted by molar-refractivity contribution is 6.00. The molecule has 2 aromatic rings. The lowest BCUT2D eigenvalue weighted by molar-refractivity contribution is -0.117. The van der Waals surface area contributed by atoms with Crippen LogP contribution < -0.4 is 34.2 Å². The van der Waals surface area contributed by atoms with Gasteiger partial charge >= 0.3 is 0 Å². The average Bonchev–Trinajstić information content (AvgIpc) is 2.94. The van der Waals surface area contributed by atoms with Gasteiger partial charge in [-0.05, 0) is 41.3 Å². The second-order valence-corrected chi connectivity index (χ2v) is 8.71. The summed E-state index contributed by atoms with van der Waals surface area (Å²) in [5.74, 6) is 1.81. The number of nitriles is 1. The molecular formula is C28H30N2O8. The second kappa shape index (κ2) is 10.8. The van der Waals surface area contributed by atoms with Crippen molar-refractivity contribution in [2.45, 2.75) is 24.7 Å². The van der Waals surface area contributed by atoms with Gasteiger partial charge in [-0.15, -0.1) is 0 Å². The molecule has 0 radical (unpaired) electrons. The minimum absolute atomic E-state index is 0.0525. The van der Waals surface area contributed by atoms with Crippen LogP contribution in [0, 0.1) is 11.3 Å². The molecule has 2 aliphatic rings. The summed E-state index contributed by atoms with van der Waals surface area (Å²) in [7, 11) is 9.10. The van der Waals surface area contributed by atoms with Crippen LogP contribution in [0.1, 0.15) is 35.8 Å². The third kappa shape index (κ3) is 4.41. The summed E-state index contributed by atoms with van der Waals surface area (Å²) in [6.07, 6.45) is 0.556. The molecule has 0 fully saturated rings. The van der Waals surface area contributed by atoms with Gasteiger partial charge in [-0.1, -0.05) is 0 Å². The molecule has 1 aliphatic carbocycles. The Labute approximate surface area is 221 Å². The maximum atomic E-state index is 13.7. The molecule has 10 heteroatoms. The van der Waals surface area contributed by atoms with Crippen molar-refractivity contribution in [3.05, 3.63) is 58.2 Å². The van der Waals surface area contributed by atoms with E-state index in [0.717, 1.165) is 5.56 Å². The second-order valence-electron chi connectivity index (χ2n) is 8.71. The van der Waals surface area contributed by atoms with E-state index in [4.69, 9.17) is 38.9 Å². The first kappa shape index (κ1) is 26.5. The Bertz CT molecular complexity index is 1320. The lowest BCUT2D eigenvalue weighted by Crippen LogP contribution is -2.30. The molecule has 0 bridgehead atoms. The van der Waals surface area contributed by atoms with Crippen molar-refractivity contribution in [2.75, 3.05) is 42.7 Å². The molecule has 0 spiro atoms. The summed E-state index contributed by atoms with van der Waals surface area (Å²) in [6.45, 7) is 0. The molecule has 2 N–H and O–H groups in total. The predicted octanol–water partition coefficient (Wildman–Crippen LogP) is 3.95. The molecule has 0 amide bonds. The first-order valence-electron chi connectivity index (χ1n) is 11.8. The number of carbonyl (C=O) groups is 1. The lowest BCUT2D eigenvalue weighted by atomic mass is 9.73. The summed E-state index contributed by atoms with van der Waals surface area (Å²) >= 11 is 0. The monoisotopic (exact) mass is 522 g/mol. The fraction of sp³-hybridized carbons (Fsp3) is 0.357. The topological polar surface area (TPSA) is 131 Å². The van der Waals surface area contributed by atoms with Gasteiger partial charge in [-0.25, -0.2) is 0 Å². The standard InChI is InChI=1S/C28H30N2O8/c1-32-20-9-15(10-21(33-2)26(20)36-5)14-7-18(31)25-19(8-14)38-28(30)17(13-29)24(25)16-11-22(34-3)27(37-6)23(12-16)35-4/h9-12,14,24H,7-8,30H2,1-6H3/t14-,24-/m0/s1. The molecule has 1 heterocycles. The molecule has 200 valence electrons. The quantitative estimate of drug-likeness (QED) is 0.544. The van der Waals surface area contributed by atoms with E-state index in [2.05, 4.69) is 6.07 Å². The van der Waals surface area contributed by atoms with Crippen LogP contribution >= 0.6 is 0 Å². The van der Waals surface area contributed by atoms with Crippen molar-refractivity contribution in [1.29, 1.82) is 5.26 Å². The molecule has 0 saturated heterocycles. The highest BCUT2D eigenvalue weighted by atomic mass is 16.5. The van der Waals surface area contributed by atoms with Gasteiger partial charge in [0.15, 0.2) is 28.8 Å². The minimum atomic E-state index is -0.758. The first-order chi connectivity index (χ1) is 18.3. The van der Waals surface area contributed by atoms with Crippen molar-refractivity contribution < 1.29 is 38.0 Å². The van der Waals surface area contributed by atoms with E-state index < -0.39 is 5.92 Å². The van der Waals surface area contributed by atoms with E-state index in [1.54, 1.807) is 12.1 Å². The Hall–Kier alpha value is -4.52. The van der Waals surface area contributed by atoms with Gasteiger partial charge in [0.1, 0.15) is 17.4 Å². The van der Waals surface area contributed by atoms with Crippen LogP contribution in [-0.4, -0.2) is 48.4 Å². The normalized spacial score (nSPS) is 18.7. The first-order valence-corrected chi connectivity index (χ1v) is 11.8. The van der Waals surface area contributed by atoms with Crippen LogP contribution in [-0.2, 0) is 9.53 Å². The van der Waals surface area contributed by atoms with Gasteiger partial charge in [-0.3, -0.25) is 4.79 Å². The summed E-state index contributed by atoms with van der Waals surface area (Å²) in [6, 6.07) is 9.20. The minimum Gasteiger partial charge on any atom is -0.493 e. The zero-order chi connectivity index (χ0) is 27.6. The van der Waals surface area contributed by atoms with Crippen molar-refractivity contribution in [1.82, 2.24) is 0 Å². The van der Waals surface area contributed by atoms with E-state index in [-0.39, 0.29) is 29.6 Å². The number of hydrogen-bond acceptors (Lipinski definition) is 10. The van der Waals surface area contributed by atoms with Gasteiger partial charge in [0.05, 0.1) is 48.6 Å². The third-order valence-electron chi connectivity index (χ3n) is 6.84. The number of benzene rings is 2. The molecule has 10 nitrogen and oxygen atoms in total. The number of allylic oxidation sites excluding steroid dienone is 3.